The van der Waals surface area contributed by atoms with Crippen molar-refractivity contribution in [3.63, 3.8) is 0 Å². The molecule has 2 amide bonds. The average molecular weight is 378 g/mol. The summed E-state index contributed by atoms with van der Waals surface area (Å²) in [5.74, 6) is -0.664. The van der Waals surface area contributed by atoms with Gasteiger partial charge in [0.05, 0.1) is 24.8 Å². The van der Waals surface area contributed by atoms with Crippen LogP contribution in [-0.2, 0) is 14.3 Å². The van der Waals surface area contributed by atoms with E-state index in [1.165, 1.54) is 25.6 Å². The number of methoxy groups -OCH3 is 2. The Morgan fingerprint density at radius 1 is 1.12 bits per heavy atom. The first-order valence-corrected chi connectivity index (χ1v) is 8.40. The Kier molecular flexibility index (Phi) is 6.98. The largest absolute Gasteiger partial charge is 0.497 e. The lowest BCUT2D eigenvalue weighted by atomic mass is 10.2. The van der Waals surface area contributed by atoms with Crippen molar-refractivity contribution < 1.29 is 28.6 Å². The van der Waals surface area contributed by atoms with Gasteiger partial charge in [0.1, 0.15) is 18.0 Å². The SMILES string of the molecule is COc1ccc(OC)c(NC(=O)COC(=O)CNC(=O)c2cccs2)c1. The molecule has 0 fully saturated rings. The molecule has 0 unspecified atom stereocenters. The highest BCUT2D eigenvalue weighted by molar-refractivity contribution is 7.12. The van der Waals surface area contributed by atoms with Crippen molar-refractivity contribution in [2.24, 2.45) is 0 Å². The van der Waals surface area contributed by atoms with E-state index in [4.69, 9.17) is 14.2 Å². The third-order valence-corrected chi connectivity index (χ3v) is 4.05. The maximum absolute atomic E-state index is 11.9. The number of carbonyl (C=O) groups is 3. The fourth-order valence-corrected chi connectivity index (χ4v) is 2.58. The van der Waals surface area contributed by atoms with E-state index in [1.807, 2.05) is 0 Å². The van der Waals surface area contributed by atoms with Crippen molar-refractivity contribution in [3.05, 3.63) is 40.6 Å². The van der Waals surface area contributed by atoms with E-state index in [0.29, 0.717) is 22.1 Å². The Bertz CT molecular complexity index is 776. The number of hydrogen-bond acceptors (Lipinski definition) is 7. The molecular weight excluding hydrogens is 360 g/mol. The lowest BCUT2D eigenvalue weighted by molar-refractivity contribution is -0.146. The van der Waals surface area contributed by atoms with Gasteiger partial charge in [-0.05, 0) is 23.6 Å². The Hall–Kier alpha value is -3.07. The predicted octanol–water partition coefficient (Wildman–Crippen LogP) is 1.68. The number of carbonyl (C=O) groups excluding carboxylic acids is 3. The minimum atomic E-state index is -0.720. The second-order valence-electron chi connectivity index (χ2n) is 4.94. The number of amides is 2. The van der Waals surface area contributed by atoms with E-state index >= 15 is 0 Å². The van der Waals surface area contributed by atoms with Crippen LogP contribution < -0.4 is 20.1 Å². The number of benzene rings is 1. The van der Waals surface area contributed by atoms with Gasteiger partial charge >= 0.3 is 5.97 Å². The molecule has 0 aliphatic carbocycles. The maximum Gasteiger partial charge on any atom is 0.325 e. The molecule has 26 heavy (non-hydrogen) atoms. The molecule has 0 atom stereocenters. The lowest BCUT2D eigenvalue weighted by Gasteiger charge is -2.12. The van der Waals surface area contributed by atoms with Crippen LogP contribution in [0.4, 0.5) is 5.69 Å². The number of rotatable bonds is 8. The summed E-state index contributed by atoms with van der Waals surface area (Å²) in [6.07, 6.45) is 0. The fraction of sp³-hybridized carbons (Fsp3) is 0.235. The van der Waals surface area contributed by atoms with Crippen LogP contribution in [0.25, 0.3) is 0 Å². The highest BCUT2D eigenvalue weighted by atomic mass is 32.1. The number of anilines is 1. The van der Waals surface area contributed by atoms with Crippen molar-refractivity contribution in [1.82, 2.24) is 5.32 Å². The van der Waals surface area contributed by atoms with Crippen LogP contribution in [-0.4, -0.2) is 45.2 Å². The highest BCUT2D eigenvalue weighted by Crippen LogP contribution is 2.28. The third kappa shape index (κ3) is 5.49. The van der Waals surface area contributed by atoms with Gasteiger partial charge in [0, 0.05) is 6.07 Å². The van der Waals surface area contributed by atoms with E-state index in [-0.39, 0.29) is 12.5 Å². The molecule has 2 N–H and O–H groups in total. The summed E-state index contributed by atoms with van der Waals surface area (Å²) in [4.78, 5) is 35.8. The molecule has 0 saturated heterocycles. The van der Waals surface area contributed by atoms with Crippen molar-refractivity contribution in [1.29, 1.82) is 0 Å². The van der Waals surface area contributed by atoms with E-state index in [1.54, 1.807) is 35.7 Å². The molecule has 0 saturated carbocycles. The van der Waals surface area contributed by atoms with Crippen LogP contribution >= 0.6 is 11.3 Å². The zero-order valence-corrected chi connectivity index (χ0v) is 15.1. The van der Waals surface area contributed by atoms with Crippen LogP contribution in [0.5, 0.6) is 11.5 Å². The fourth-order valence-electron chi connectivity index (χ4n) is 1.94. The third-order valence-electron chi connectivity index (χ3n) is 3.18. The highest BCUT2D eigenvalue weighted by Gasteiger charge is 2.13. The molecule has 0 aliphatic heterocycles. The zero-order chi connectivity index (χ0) is 18.9. The second-order valence-corrected chi connectivity index (χ2v) is 5.88. The molecular formula is C17H18N2O6S. The molecule has 0 spiro atoms. The summed E-state index contributed by atoms with van der Waals surface area (Å²) < 4.78 is 15.1. The van der Waals surface area contributed by atoms with Gasteiger partial charge in [0.25, 0.3) is 11.8 Å². The quantitative estimate of drug-likeness (QED) is 0.678. The van der Waals surface area contributed by atoms with Gasteiger partial charge in [-0.2, -0.15) is 0 Å². The van der Waals surface area contributed by atoms with E-state index in [0.717, 1.165) is 0 Å². The van der Waals surface area contributed by atoms with E-state index in [9.17, 15) is 14.4 Å². The van der Waals surface area contributed by atoms with Gasteiger partial charge in [0.2, 0.25) is 0 Å². The van der Waals surface area contributed by atoms with Crippen LogP contribution in [0.15, 0.2) is 35.7 Å². The summed E-state index contributed by atoms with van der Waals surface area (Å²) in [7, 11) is 2.97. The molecule has 1 aromatic carbocycles. The minimum absolute atomic E-state index is 0.327. The number of thiophene rings is 1. The van der Waals surface area contributed by atoms with E-state index in [2.05, 4.69) is 10.6 Å². The summed E-state index contributed by atoms with van der Waals surface area (Å²) >= 11 is 1.26. The average Bonchev–Trinajstić information content (AvgIpc) is 3.19. The molecule has 1 aromatic heterocycles. The molecule has 1 heterocycles. The first-order valence-electron chi connectivity index (χ1n) is 7.52. The number of ether oxygens (including phenoxy) is 3. The van der Waals surface area contributed by atoms with Crippen molar-refractivity contribution >= 4 is 34.8 Å². The van der Waals surface area contributed by atoms with Crippen molar-refractivity contribution in [3.8, 4) is 11.5 Å². The molecule has 0 bridgehead atoms. The molecule has 138 valence electrons. The molecule has 0 aliphatic rings. The smallest absolute Gasteiger partial charge is 0.325 e. The number of nitrogens with one attached hydrogen (secondary N) is 2. The summed E-state index contributed by atoms with van der Waals surface area (Å²) in [5, 5.41) is 6.75. The van der Waals surface area contributed by atoms with Crippen molar-refractivity contribution in [2.45, 2.75) is 0 Å². The number of hydrogen-bond donors (Lipinski definition) is 2. The molecule has 9 heteroatoms. The van der Waals surface area contributed by atoms with Gasteiger partial charge in [0.15, 0.2) is 6.61 Å². The second kappa shape index (κ2) is 9.42. The standard InChI is InChI=1S/C17H18N2O6S/c1-23-11-5-6-13(24-2)12(8-11)19-15(20)10-25-16(21)9-18-17(22)14-4-3-7-26-14/h3-8H,9-10H2,1-2H3,(H,18,22)(H,19,20). The van der Waals surface area contributed by atoms with Crippen LogP contribution in [0.2, 0.25) is 0 Å². The lowest BCUT2D eigenvalue weighted by Crippen LogP contribution is -2.31. The zero-order valence-electron chi connectivity index (χ0n) is 14.2. The van der Waals surface area contributed by atoms with Gasteiger partial charge in [-0.3, -0.25) is 14.4 Å². The Morgan fingerprint density at radius 3 is 2.58 bits per heavy atom. The van der Waals surface area contributed by atoms with Gasteiger partial charge in [-0.25, -0.2) is 0 Å². The molecule has 0 radical (unpaired) electrons. The predicted molar refractivity (Wildman–Crippen MR) is 95.8 cm³/mol. The van der Waals surface area contributed by atoms with Crippen LogP contribution in [0, 0.1) is 0 Å². The van der Waals surface area contributed by atoms with E-state index < -0.39 is 18.5 Å². The Balaban J connectivity index is 1.79. The Labute approximate surface area is 154 Å². The van der Waals surface area contributed by atoms with Crippen molar-refractivity contribution in [2.75, 3.05) is 32.7 Å². The first-order chi connectivity index (χ1) is 12.5. The number of esters is 1. The summed E-state index contributed by atoms with van der Waals surface area (Å²) in [6.45, 7) is -0.819. The maximum atomic E-state index is 11.9. The van der Waals surface area contributed by atoms with Crippen LogP contribution in [0.1, 0.15) is 9.67 Å². The summed E-state index contributed by atoms with van der Waals surface area (Å²) in [5.41, 5.74) is 0.388. The van der Waals surface area contributed by atoms with Gasteiger partial charge in [-0.1, -0.05) is 6.07 Å². The molecule has 2 rings (SSSR count). The molecule has 2 aromatic rings. The topological polar surface area (TPSA) is 103 Å². The minimum Gasteiger partial charge on any atom is -0.497 e. The van der Waals surface area contributed by atoms with Gasteiger partial charge < -0.3 is 24.8 Å². The van der Waals surface area contributed by atoms with Gasteiger partial charge in [-0.15, -0.1) is 11.3 Å². The summed E-state index contributed by atoms with van der Waals surface area (Å²) in [6, 6.07) is 8.28. The first kappa shape index (κ1) is 19.3. The van der Waals surface area contributed by atoms with Crippen LogP contribution in [0.3, 0.4) is 0 Å². The monoisotopic (exact) mass is 378 g/mol. The molecule has 8 nitrogen and oxygen atoms in total. The normalized spacial score (nSPS) is 9.92. The Morgan fingerprint density at radius 2 is 1.92 bits per heavy atom.